The van der Waals surface area contributed by atoms with Gasteiger partial charge in [-0.25, -0.2) is 9.78 Å². The molecule has 2 aliphatic rings. The van der Waals surface area contributed by atoms with Gasteiger partial charge in [-0.15, -0.1) is 11.3 Å². The highest BCUT2D eigenvalue weighted by Crippen LogP contribution is 2.32. The quantitative estimate of drug-likeness (QED) is 0.777. The SMILES string of the molecule is Cc1cn2c(=O)cc(CN3C(=O)N[C@](C)(C4CCNCC4)C3=O)nc2s1. The summed E-state index contributed by atoms with van der Waals surface area (Å²) in [7, 11) is 0. The molecule has 0 unspecified atom stereocenters. The number of carbonyl (C=O) groups excluding carboxylic acids is 2. The van der Waals surface area contributed by atoms with Crippen LogP contribution in [0.4, 0.5) is 4.79 Å². The Labute approximate surface area is 154 Å². The van der Waals surface area contributed by atoms with E-state index in [4.69, 9.17) is 0 Å². The lowest BCUT2D eigenvalue weighted by molar-refractivity contribution is -0.133. The van der Waals surface area contributed by atoms with Crippen molar-refractivity contribution in [3.63, 3.8) is 0 Å². The van der Waals surface area contributed by atoms with E-state index >= 15 is 0 Å². The summed E-state index contributed by atoms with van der Waals surface area (Å²) in [5, 5.41) is 6.15. The maximum absolute atomic E-state index is 13.0. The van der Waals surface area contributed by atoms with E-state index in [2.05, 4.69) is 15.6 Å². The Balaban J connectivity index is 1.61. The normalized spacial score (nSPS) is 24.5. The first-order chi connectivity index (χ1) is 12.4. The van der Waals surface area contributed by atoms with Gasteiger partial charge in [0.05, 0.1) is 12.2 Å². The molecule has 0 radical (unpaired) electrons. The molecule has 2 aromatic heterocycles. The summed E-state index contributed by atoms with van der Waals surface area (Å²) < 4.78 is 1.48. The van der Waals surface area contributed by atoms with E-state index in [1.807, 2.05) is 6.92 Å². The van der Waals surface area contributed by atoms with Gasteiger partial charge in [-0.1, -0.05) is 0 Å². The Morgan fingerprint density at radius 1 is 1.31 bits per heavy atom. The highest BCUT2D eigenvalue weighted by atomic mass is 32.1. The lowest BCUT2D eigenvalue weighted by Gasteiger charge is -2.34. The molecule has 0 bridgehead atoms. The molecular weight excluding hydrogens is 354 g/mol. The lowest BCUT2D eigenvalue weighted by Crippen LogP contribution is -2.53. The first kappa shape index (κ1) is 17.2. The van der Waals surface area contributed by atoms with Crippen molar-refractivity contribution in [3.05, 3.63) is 33.2 Å². The average Bonchev–Trinajstić information content (AvgIpc) is 3.09. The van der Waals surface area contributed by atoms with Crippen molar-refractivity contribution in [1.29, 1.82) is 0 Å². The molecule has 4 rings (SSSR count). The summed E-state index contributed by atoms with van der Waals surface area (Å²) in [5.74, 6) is -0.134. The Morgan fingerprint density at radius 2 is 2.04 bits per heavy atom. The van der Waals surface area contributed by atoms with E-state index in [1.165, 1.54) is 26.7 Å². The summed E-state index contributed by atoms with van der Waals surface area (Å²) in [4.78, 5) is 44.9. The van der Waals surface area contributed by atoms with Gasteiger partial charge in [0.1, 0.15) is 5.54 Å². The number of aryl methyl sites for hydroxylation is 1. The van der Waals surface area contributed by atoms with Crippen LogP contribution in [-0.4, -0.2) is 44.9 Å². The fourth-order valence-electron chi connectivity index (χ4n) is 3.84. The number of rotatable bonds is 3. The van der Waals surface area contributed by atoms with Crippen molar-refractivity contribution >= 4 is 28.2 Å². The third kappa shape index (κ3) is 2.71. The lowest BCUT2D eigenvalue weighted by atomic mass is 9.79. The molecule has 0 spiro atoms. The van der Waals surface area contributed by atoms with E-state index < -0.39 is 11.6 Å². The minimum atomic E-state index is -0.891. The summed E-state index contributed by atoms with van der Waals surface area (Å²) in [6.45, 7) is 5.40. The second-order valence-electron chi connectivity index (χ2n) is 7.13. The first-order valence-corrected chi connectivity index (χ1v) is 9.54. The van der Waals surface area contributed by atoms with Crippen LogP contribution in [0.2, 0.25) is 0 Å². The number of fused-ring (bicyclic) bond motifs is 1. The van der Waals surface area contributed by atoms with Crippen LogP contribution in [0, 0.1) is 12.8 Å². The molecule has 0 aromatic carbocycles. The van der Waals surface area contributed by atoms with E-state index in [0.717, 1.165) is 30.8 Å². The number of hydrogen-bond donors (Lipinski definition) is 2. The monoisotopic (exact) mass is 375 g/mol. The van der Waals surface area contributed by atoms with Gasteiger partial charge in [0.25, 0.3) is 11.5 Å². The van der Waals surface area contributed by atoms with Crippen LogP contribution in [-0.2, 0) is 11.3 Å². The van der Waals surface area contributed by atoms with E-state index in [0.29, 0.717) is 10.7 Å². The molecule has 2 aromatic rings. The molecule has 138 valence electrons. The fourth-order valence-corrected chi connectivity index (χ4v) is 4.69. The van der Waals surface area contributed by atoms with Gasteiger partial charge in [-0.3, -0.25) is 18.9 Å². The average molecular weight is 375 g/mol. The number of carbonyl (C=O) groups is 2. The number of imide groups is 1. The predicted octanol–water partition coefficient (Wildman–Crippen LogP) is 0.875. The van der Waals surface area contributed by atoms with Crippen LogP contribution in [0.5, 0.6) is 0 Å². The highest BCUT2D eigenvalue weighted by molar-refractivity contribution is 7.16. The minimum absolute atomic E-state index is 0.00785. The van der Waals surface area contributed by atoms with Gasteiger partial charge in [-0.2, -0.15) is 0 Å². The molecule has 26 heavy (non-hydrogen) atoms. The number of amides is 3. The first-order valence-electron chi connectivity index (χ1n) is 8.72. The van der Waals surface area contributed by atoms with Crippen molar-refractivity contribution < 1.29 is 9.59 Å². The van der Waals surface area contributed by atoms with Crippen LogP contribution < -0.4 is 16.2 Å². The Hall–Kier alpha value is -2.26. The van der Waals surface area contributed by atoms with E-state index in [9.17, 15) is 14.4 Å². The van der Waals surface area contributed by atoms with Crippen molar-refractivity contribution in [3.8, 4) is 0 Å². The standard InChI is InChI=1S/C17H21N5O3S/c1-10-8-21-13(23)7-12(19-16(21)26-10)9-22-14(24)17(2,20-15(22)25)11-3-5-18-6-4-11/h7-8,11,18H,3-6,9H2,1-2H3,(H,20,25)/t17-/m1/s1. The third-order valence-corrected chi connectivity index (χ3v) is 6.21. The number of aromatic nitrogens is 2. The second-order valence-corrected chi connectivity index (χ2v) is 8.34. The Morgan fingerprint density at radius 3 is 2.77 bits per heavy atom. The van der Waals surface area contributed by atoms with Gasteiger partial charge in [0.2, 0.25) is 0 Å². The fraction of sp³-hybridized carbons (Fsp3) is 0.529. The Bertz CT molecular complexity index is 946. The largest absolute Gasteiger partial charge is 0.325 e. The zero-order valence-corrected chi connectivity index (χ0v) is 15.6. The summed E-state index contributed by atoms with van der Waals surface area (Å²) in [6, 6.07) is 0.972. The highest BCUT2D eigenvalue weighted by Gasteiger charge is 2.52. The van der Waals surface area contributed by atoms with Crippen molar-refractivity contribution in [2.24, 2.45) is 5.92 Å². The van der Waals surface area contributed by atoms with Gasteiger partial charge < -0.3 is 10.6 Å². The molecule has 3 amide bonds. The van der Waals surface area contributed by atoms with Crippen LogP contribution in [0.15, 0.2) is 17.1 Å². The molecule has 2 saturated heterocycles. The number of hydrogen-bond acceptors (Lipinski definition) is 6. The maximum Gasteiger partial charge on any atom is 0.325 e. The van der Waals surface area contributed by atoms with Gasteiger partial charge in [-0.05, 0) is 45.7 Å². The third-order valence-electron chi connectivity index (χ3n) is 5.31. The van der Waals surface area contributed by atoms with Crippen molar-refractivity contribution in [2.75, 3.05) is 13.1 Å². The molecule has 2 aliphatic heterocycles. The summed E-state index contributed by atoms with van der Waals surface area (Å²) in [6.07, 6.45) is 3.42. The molecular formula is C17H21N5O3S. The molecule has 2 N–H and O–H groups in total. The topological polar surface area (TPSA) is 95.8 Å². The zero-order chi connectivity index (χ0) is 18.5. The molecule has 0 saturated carbocycles. The molecule has 4 heterocycles. The van der Waals surface area contributed by atoms with E-state index in [-0.39, 0.29) is 23.9 Å². The molecule has 9 heteroatoms. The van der Waals surface area contributed by atoms with Crippen LogP contribution >= 0.6 is 11.3 Å². The van der Waals surface area contributed by atoms with Crippen LogP contribution in [0.25, 0.3) is 4.96 Å². The zero-order valence-electron chi connectivity index (χ0n) is 14.7. The maximum atomic E-state index is 13.0. The molecule has 2 fully saturated rings. The number of piperidine rings is 1. The smallest absolute Gasteiger partial charge is 0.323 e. The van der Waals surface area contributed by atoms with Gasteiger partial charge >= 0.3 is 6.03 Å². The summed E-state index contributed by atoms with van der Waals surface area (Å²) in [5.41, 5.74) is -0.671. The predicted molar refractivity (Wildman–Crippen MR) is 97.2 cm³/mol. The number of thiazole rings is 1. The van der Waals surface area contributed by atoms with Crippen molar-refractivity contribution in [1.82, 2.24) is 24.9 Å². The minimum Gasteiger partial charge on any atom is -0.323 e. The van der Waals surface area contributed by atoms with Crippen LogP contribution in [0.3, 0.4) is 0 Å². The number of nitrogens with zero attached hydrogens (tertiary/aromatic N) is 3. The van der Waals surface area contributed by atoms with E-state index in [1.54, 1.807) is 13.1 Å². The summed E-state index contributed by atoms with van der Waals surface area (Å²) >= 11 is 1.40. The Kier molecular flexibility index (Phi) is 4.07. The molecule has 1 atom stereocenters. The van der Waals surface area contributed by atoms with Gasteiger partial charge in [0, 0.05) is 17.1 Å². The second kappa shape index (κ2) is 6.17. The van der Waals surface area contributed by atoms with Crippen LogP contribution in [0.1, 0.15) is 30.3 Å². The van der Waals surface area contributed by atoms with Gasteiger partial charge in [0.15, 0.2) is 4.96 Å². The number of nitrogens with one attached hydrogen (secondary N) is 2. The molecule has 8 nitrogen and oxygen atoms in total. The number of urea groups is 1. The van der Waals surface area contributed by atoms with Crippen molar-refractivity contribution in [2.45, 2.75) is 38.8 Å². The molecule has 0 aliphatic carbocycles.